The van der Waals surface area contributed by atoms with Gasteiger partial charge >= 0.3 is 0 Å². The molecule has 0 aliphatic heterocycles. The zero-order valence-electron chi connectivity index (χ0n) is 16.0. The summed E-state index contributed by atoms with van der Waals surface area (Å²) in [4.78, 5) is 12.3. The van der Waals surface area contributed by atoms with Crippen LogP contribution in [0.25, 0.3) is 5.69 Å². The average Bonchev–Trinajstić information content (AvgIpc) is 3.27. The van der Waals surface area contributed by atoms with E-state index in [1.807, 2.05) is 84.9 Å². The molecule has 8 heteroatoms. The van der Waals surface area contributed by atoms with Crippen molar-refractivity contribution in [2.75, 3.05) is 11.1 Å². The van der Waals surface area contributed by atoms with Gasteiger partial charge in [-0.25, -0.2) is 0 Å². The topological polar surface area (TPSA) is 81.9 Å². The first-order valence-electron chi connectivity index (χ1n) is 9.31. The Morgan fingerprint density at radius 2 is 1.63 bits per heavy atom. The molecule has 3 aromatic carbocycles. The number of rotatable bonds is 8. The highest BCUT2D eigenvalue weighted by Crippen LogP contribution is 2.20. The molecule has 0 spiro atoms. The molecule has 7 nitrogen and oxygen atoms in total. The first-order chi connectivity index (χ1) is 14.8. The van der Waals surface area contributed by atoms with Gasteiger partial charge in [-0.1, -0.05) is 60.3 Å². The summed E-state index contributed by atoms with van der Waals surface area (Å²) in [6.45, 7) is 0.499. The van der Waals surface area contributed by atoms with E-state index in [1.54, 1.807) is 4.68 Å². The summed E-state index contributed by atoms with van der Waals surface area (Å²) < 4.78 is 7.37. The van der Waals surface area contributed by atoms with Crippen molar-refractivity contribution in [3.8, 4) is 11.4 Å². The number of tetrazole rings is 1. The van der Waals surface area contributed by atoms with Crippen LogP contribution in [0.2, 0.25) is 0 Å². The van der Waals surface area contributed by atoms with Crippen molar-refractivity contribution >= 4 is 23.4 Å². The Kier molecular flexibility index (Phi) is 6.36. The van der Waals surface area contributed by atoms with Gasteiger partial charge in [0.2, 0.25) is 11.1 Å². The van der Waals surface area contributed by atoms with Crippen LogP contribution in [0.15, 0.2) is 90.1 Å². The SMILES string of the molecule is O=C(CSc1nnnn1-c1ccccc1)Nc1ccc(OCc2ccccc2)cc1. The van der Waals surface area contributed by atoms with Gasteiger partial charge in [0.05, 0.1) is 11.4 Å². The molecule has 30 heavy (non-hydrogen) atoms. The van der Waals surface area contributed by atoms with Crippen molar-refractivity contribution in [2.45, 2.75) is 11.8 Å². The van der Waals surface area contributed by atoms with Crippen molar-refractivity contribution in [1.82, 2.24) is 20.2 Å². The minimum absolute atomic E-state index is 0.138. The van der Waals surface area contributed by atoms with Crippen LogP contribution in [0, 0.1) is 0 Å². The Labute approximate surface area is 178 Å². The molecule has 1 heterocycles. The highest BCUT2D eigenvalue weighted by atomic mass is 32.2. The molecule has 1 aromatic heterocycles. The largest absolute Gasteiger partial charge is 0.489 e. The molecule has 0 aliphatic rings. The number of hydrogen-bond donors (Lipinski definition) is 1. The second-order valence-corrected chi connectivity index (χ2v) is 7.29. The number of ether oxygens (including phenoxy) is 1. The first-order valence-corrected chi connectivity index (χ1v) is 10.3. The van der Waals surface area contributed by atoms with Crippen LogP contribution >= 0.6 is 11.8 Å². The summed E-state index contributed by atoms with van der Waals surface area (Å²) in [5.41, 5.74) is 2.65. The lowest BCUT2D eigenvalue weighted by Gasteiger charge is -2.08. The van der Waals surface area contributed by atoms with Crippen molar-refractivity contribution in [1.29, 1.82) is 0 Å². The number of nitrogens with zero attached hydrogens (tertiary/aromatic N) is 4. The number of carbonyl (C=O) groups is 1. The maximum absolute atomic E-state index is 12.3. The molecule has 0 atom stereocenters. The highest BCUT2D eigenvalue weighted by molar-refractivity contribution is 7.99. The van der Waals surface area contributed by atoms with E-state index in [1.165, 1.54) is 11.8 Å². The van der Waals surface area contributed by atoms with Gasteiger partial charge in [-0.2, -0.15) is 4.68 Å². The molecule has 0 unspecified atom stereocenters. The lowest BCUT2D eigenvalue weighted by molar-refractivity contribution is -0.113. The molecule has 0 radical (unpaired) electrons. The molecule has 0 saturated carbocycles. The van der Waals surface area contributed by atoms with Crippen molar-refractivity contribution in [3.63, 3.8) is 0 Å². The third-order valence-electron chi connectivity index (χ3n) is 4.16. The molecule has 0 aliphatic carbocycles. The predicted molar refractivity (Wildman–Crippen MR) is 116 cm³/mol. The minimum atomic E-state index is -0.138. The number of benzene rings is 3. The van der Waals surface area contributed by atoms with Gasteiger partial charge in [-0.05, 0) is 52.4 Å². The summed E-state index contributed by atoms with van der Waals surface area (Å²) in [7, 11) is 0. The molecule has 0 bridgehead atoms. The number of aromatic nitrogens is 4. The van der Waals surface area contributed by atoms with Crippen LogP contribution in [0.3, 0.4) is 0 Å². The number of nitrogens with one attached hydrogen (secondary N) is 1. The van der Waals surface area contributed by atoms with Crippen LogP contribution in [0.5, 0.6) is 5.75 Å². The molecule has 4 rings (SSSR count). The Hall–Kier alpha value is -3.65. The lowest BCUT2D eigenvalue weighted by Crippen LogP contribution is -2.14. The van der Waals surface area contributed by atoms with Gasteiger partial charge < -0.3 is 10.1 Å². The molecule has 4 aromatic rings. The zero-order chi connectivity index (χ0) is 20.6. The quantitative estimate of drug-likeness (QED) is 0.437. The average molecular weight is 417 g/mol. The number of carbonyl (C=O) groups excluding carboxylic acids is 1. The second kappa shape index (κ2) is 9.71. The number of para-hydroxylation sites is 1. The van der Waals surface area contributed by atoms with Crippen LogP contribution < -0.4 is 10.1 Å². The van der Waals surface area contributed by atoms with E-state index in [4.69, 9.17) is 4.74 Å². The summed E-state index contributed by atoms with van der Waals surface area (Å²) in [5.74, 6) is 0.799. The zero-order valence-corrected chi connectivity index (χ0v) is 16.8. The van der Waals surface area contributed by atoms with E-state index in [9.17, 15) is 4.79 Å². The Morgan fingerprint density at radius 1 is 0.933 bits per heavy atom. The lowest BCUT2D eigenvalue weighted by atomic mass is 10.2. The summed E-state index contributed by atoms with van der Waals surface area (Å²) >= 11 is 1.27. The van der Waals surface area contributed by atoms with Crippen LogP contribution in [0.4, 0.5) is 5.69 Å². The van der Waals surface area contributed by atoms with E-state index in [2.05, 4.69) is 20.8 Å². The fourth-order valence-electron chi connectivity index (χ4n) is 2.70. The molecule has 0 fully saturated rings. The van der Waals surface area contributed by atoms with Gasteiger partial charge in [0.1, 0.15) is 12.4 Å². The van der Waals surface area contributed by atoms with Gasteiger partial charge in [-0.3, -0.25) is 4.79 Å². The Balaban J connectivity index is 1.28. The third kappa shape index (κ3) is 5.24. The fraction of sp³-hybridized carbons (Fsp3) is 0.0909. The first kappa shape index (κ1) is 19.7. The number of thioether (sulfide) groups is 1. The Morgan fingerprint density at radius 3 is 2.37 bits per heavy atom. The third-order valence-corrected chi connectivity index (χ3v) is 5.08. The van der Waals surface area contributed by atoms with Crippen LogP contribution in [0.1, 0.15) is 5.56 Å². The normalized spacial score (nSPS) is 10.5. The molecule has 1 N–H and O–H groups in total. The number of anilines is 1. The fourth-order valence-corrected chi connectivity index (χ4v) is 3.39. The number of hydrogen-bond acceptors (Lipinski definition) is 6. The maximum Gasteiger partial charge on any atom is 0.234 e. The highest BCUT2D eigenvalue weighted by Gasteiger charge is 2.11. The molecular formula is C22H19N5O2S. The van der Waals surface area contributed by atoms with Gasteiger partial charge in [0.25, 0.3) is 0 Å². The van der Waals surface area contributed by atoms with E-state index >= 15 is 0 Å². The van der Waals surface area contributed by atoms with Gasteiger partial charge in [-0.15, -0.1) is 5.10 Å². The molecule has 0 saturated heterocycles. The van der Waals surface area contributed by atoms with Crippen molar-refractivity contribution < 1.29 is 9.53 Å². The summed E-state index contributed by atoms with van der Waals surface area (Å²) in [5, 5.41) is 15.1. The predicted octanol–water partition coefficient (Wildman–Crippen LogP) is 3.97. The molecule has 1 amide bonds. The van der Waals surface area contributed by atoms with E-state index in [0.717, 1.165) is 17.0 Å². The molecule has 150 valence electrons. The minimum Gasteiger partial charge on any atom is -0.489 e. The monoisotopic (exact) mass is 417 g/mol. The number of amides is 1. The van der Waals surface area contributed by atoms with Crippen molar-refractivity contribution in [3.05, 3.63) is 90.5 Å². The maximum atomic E-state index is 12.3. The molecular weight excluding hydrogens is 398 g/mol. The summed E-state index contributed by atoms with van der Waals surface area (Å²) in [6, 6.07) is 26.8. The van der Waals surface area contributed by atoms with Crippen LogP contribution in [-0.2, 0) is 11.4 Å². The van der Waals surface area contributed by atoms with Gasteiger partial charge in [0, 0.05) is 5.69 Å². The van der Waals surface area contributed by atoms with E-state index < -0.39 is 0 Å². The Bertz CT molecular complexity index is 1090. The van der Waals surface area contributed by atoms with Crippen LogP contribution in [-0.4, -0.2) is 31.9 Å². The standard InChI is InChI=1S/C22H19N5O2S/c28-21(16-30-22-24-25-26-27(22)19-9-5-2-6-10-19)23-18-11-13-20(14-12-18)29-15-17-7-3-1-4-8-17/h1-14H,15-16H2,(H,23,28). The van der Waals surface area contributed by atoms with E-state index in [0.29, 0.717) is 17.5 Å². The second-order valence-electron chi connectivity index (χ2n) is 6.34. The van der Waals surface area contributed by atoms with Gasteiger partial charge in [0.15, 0.2) is 0 Å². The van der Waals surface area contributed by atoms with E-state index in [-0.39, 0.29) is 11.7 Å². The smallest absolute Gasteiger partial charge is 0.234 e. The van der Waals surface area contributed by atoms with Crippen molar-refractivity contribution in [2.24, 2.45) is 0 Å². The summed E-state index contributed by atoms with van der Waals surface area (Å²) in [6.07, 6.45) is 0.